The predicted molar refractivity (Wildman–Crippen MR) is 61.8 cm³/mol. The number of halogens is 1. The summed E-state index contributed by atoms with van der Waals surface area (Å²) in [6.07, 6.45) is 4.42. The summed E-state index contributed by atoms with van der Waals surface area (Å²) in [5.41, 5.74) is 0.891. The maximum atomic E-state index is 12.0. The standard InChI is InChI=1S/C13H16N3O.ClH/c14-7-6-12-5-1-2-10-16(12)11-13(17)15-8-3-4-9-15;/h1-2,5,10H,3-4,6,8-9,11H2;1H/q+1;/p-1. The van der Waals surface area contributed by atoms with E-state index in [1.165, 1.54) is 0 Å². The van der Waals surface area contributed by atoms with Gasteiger partial charge in [-0.3, -0.25) is 4.79 Å². The topological polar surface area (TPSA) is 48.0 Å². The lowest BCUT2D eigenvalue weighted by atomic mass is 10.2. The van der Waals surface area contributed by atoms with Crippen molar-refractivity contribution in [3.05, 3.63) is 30.1 Å². The van der Waals surface area contributed by atoms with Crippen LogP contribution in [0.15, 0.2) is 24.4 Å². The van der Waals surface area contributed by atoms with Gasteiger partial charge in [0.15, 0.2) is 11.9 Å². The number of likely N-dealkylation sites (tertiary alicyclic amines) is 1. The molecule has 1 aliphatic heterocycles. The van der Waals surface area contributed by atoms with Crippen LogP contribution in [0, 0.1) is 11.3 Å². The van der Waals surface area contributed by atoms with E-state index in [9.17, 15) is 4.79 Å². The number of pyridine rings is 1. The summed E-state index contributed by atoms with van der Waals surface area (Å²) in [5, 5.41) is 8.73. The molecule has 1 amide bonds. The third kappa shape index (κ3) is 3.44. The van der Waals surface area contributed by atoms with E-state index in [0.717, 1.165) is 31.6 Å². The molecule has 0 bridgehead atoms. The minimum absolute atomic E-state index is 0. The molecule has 1 fully saturated rings. The monoisotopic (exact) mass is 265 g/mol. The highest BCUT2D eigenvalue weighted by atomic mass is 35.5. The summed E-state index contributed by atoms with van der Waals surface area (Å²) >= 11 is 0. The molecule has 0 aromatic carbocycles. The van der Waals surface area contributed by atoms with Gasteiger partial charge in [-0.25, -0.2) is 0 Å². The normalized spacial score (nSPS) is 13.8. The van der Waals surface area contributed by atoms with Crippen LogP contribution in [-0.2, 0) is 17.8 Å². The van der Waals surface area contributed by atoms with Crippen molar-refractivity contribution in [2.24, 2.45) is 0 Å². The Morgan fingerprint density at radius 3 is 2.78 bits per heavy atom. The van der Waals surface area contributed by atoms with Crippen LogP contribution in [0.5, 0.6) is 0 Å². The Morgan fingerprint density at radius 2 is 2.11 bits per heavy atom. The van der Waals surface area contributed by atoms with Crippen LogP contribution in [0.1, 0.15) is 18.5 Å². The van der Waals surface area contributed by atoms with E-state index in [4.69, 9.17) is 5.26 Å². The van der Waals surface area contributed by atoms with E-state index in [-0.39, 0.29) is 18.3 Å². The third-order valence-corrected chi connectivity index (χ3v) is 3.06. The van der Waals surface area contributed by atoms with Crippen molar-refractivity contribution in [2.75, 3.05) is 13.1 Å². The zero-order valence-electron chi connectivity index (χ0n) is 10.2. The van der Waals surface area contributed by atoms with E-state index in [0.29, 0.717) is 13.0 Å². The van der Waals surface area contributed by atoms with Gasteiger partial charge < -0.3 is 17.3 Å². The Bertz CT molecular complexity index is 450. The fourth-order valence-electron chi connectivity index (χ4n) is 2.12. The van der Waals surface area contributed by atoms with Crippen molar-refractivity contribution in [1.29, 1.82) is 5.26 Å². The highest BCUT2D eigenvalue weighted by molar-refractivity contribution is 5.74. The van der Waals surface area contributed by atoms with Crippen LogP contribution in [-0.4, -0.2) is 23.9 Å². The Kier molecular flexibility index (Phi) is 5.60. The number of hydrogen-bond donors (Lipinski definition) is 0. The summed E-state index contributed by atoms with van der Waals surface area (Å²) in [6.45, 7) is 2.09. The minimum Gasteiger partial charge on any atom is -1.00 e. The van der Waals surface area contributed by atoms with Crippen molar-refractivity contribution < 1.29 is 21.8 Å². The Labute approximate surface area is 113 Å². The number of carbonyl (C=O) groups is 1. The second-order valence-corrected chi connectivity index (χ2v) is 4.24. The Hall–Kier alpha value is -1.60. The highest BCUT2D eigenvalue weighted by Gasteiger charge is 2.22. The molecule has 0 aliphatic carbocycles. The SMILES string of the molecule is N#CCc1cccc[n+]1CC(=O)N1CCCC1.[Cl-]. The fourth-order valence-corrected chi connectivity index (χ4v) is 2.12. The minimum atomic E-state index is 0. The van der Waals surface area contributed by atoms with Gasteiger partial charge in [0, 0.05) is 25.2 Å². The lowest BCUT2D eigenvalue weighted by molar-refractivity contribution is -0.692. The fraction of sp³-hybridized carbons (Fsp3) is 0.462. The quantitative estimate of drug-likeness (QED) is 0.576. The molecule has 2 heterocycles. The Balaban J connectivity index is 0.00000162. The van der Waals surface area contributed by atoms with Crippen LogP contribution in [0.25, 0.3) is 0 Å². The summed E-state index contributed by atoms with van der Waals surface area (Å²) in [6, 6.07) is 7.79. The molecule has 2 rings (SSSR count). The van der Waals surface area contributed by atoms with Crippen LogP contribution in [0.3, 0.4) is 0 Å². The smallest absolute Gasteiger partial charge is 0.288 e. The molecule has 0 saturated carbocycles. The summed E-state index contributed by atoms with van der Waals surface area (Å²) < 4.78 is 1.86. The largest absolute Gasteiger partial charge is 1.00 e. The first kappa shape index (κ1) is 14.5. The van der Waals surface area contributed by atoms with Gasteiger partial charge in [-0.2, -0.15) is 9.83 Å². The number of carbonyl (C=O) groups excluding carboxylic acids is 1. The lowest BCUT2D eigenvalue weighted by Gasteiger charge is -2.13. The predicted octanol–water partition coefficient (Wildman–Crippen LogP) is -2.33. The molecule has 0 radical (unpaired) electrons. The van der Waals surface area contributed by atoms with Crippen molar-refractivity contribution in [2.45, 2.75) is 25.8 Å². The van der Waals surface area contributed by atoms with Crippen molar-refractivity contribution in [3.8, 4) is 6.07 Å². The van der Waals surface area contributed by atoms with E-state index in [1.54, 1.807) is 0 Å². The number of amides is 1. The van der Waals surface area contributed by atoms with E-state index < -0.39 is 0 Å². The molecule has 1 aliphatic rings. The number of nitrogens with zero attached hydrogens (tertiary/aromatic N) is 3. The molecule has 4 nitrogen and oxygen atoms in total. The highest BCUT2D eigenvalue weighted by Crippen LogP contribution is 2.07. The van der Waals surface area contributed by atoms with Crippen molar-refractivity contribution in [1.82, 2.24) is 4.90 Å². The summed E-state index contributed by atoms with van der Waals surface area (Å²) in [7, 11) is 0. The van der Waals surface area contributed by atoms with Crippen LogP contribution < -0.4 is 17.0 Å². The van der Waals surface area contributed by atoms with E-state index in [1.807, 2.05) is 33.9 Å². The molecular formula is C13H16ClN3O. The maximum Gasteiger partial charge on any atom is 0.288 e. The van der Waals surface area contributed by atoms with Crippen LogP contribution in [0.2, 0.25) is 0 Å². The van der Waals surface area contributed by atoms with Crippen molar-refractivity contribution in [3.63, 3.8) is 0 Å². The average Bonchev–Trinajstić information content (AvgIpc) is 2.85. The van der Waals surface area contributed by atoms with Gasteiger partial charge >= 0.3 is 0 Å². The maximum absolute atomic E-state index is 12.0. The van der Waals surface area contributed by atoms with Crippen LogP contribution >= 0.6 is 0 Å². The van der Waals surface area contributed by atoms with Gasteiger partial charge in [0.2, 0.25) is 6.54 Å². The number of nitriles is 1. The summed E-state index contributed by atoms with van der Waals surface area (Å²) in [5.74, 6) is 0.151. The van der Waals surface area contributed by atoms with Gasteiger partial charge in [0.25, 0.3) is 5.91 Å². The number of hydrogen-bond acceptors (Lipinski definition) is 2. The first-order valence-electron chi connectivity index (χ1n) is 5.93. The zero-order valence-corrected chi connectivity index (χ0v) is 10.9. The van der Waals surface area contributed by atoms with E-state index >= 15 is 0 Å². The molecule has 0 atom stereocenters. The molecule has 96 valence electrons. The molecule has 0 unspecified atom stereocenters. The lowest BCUT2D eigenvalue weighted by Crippen LogP contribution is -3.00. The van der Waals surface area contributed by atoms with Gasteiger partial charge in [0.1, 0.15) is 6.42 Å². The third-order valence-electron chi connectivity index (χ3n) is 3.06. The molecule has 1 aromatic rings. The first-order chi connectivity index (χ1) is 8.31. The summed E-state index contributed by atoms with van der Waals surface area (Å²) in [4.78, 5) is 13.9. The number of aromatic nitrogens is 1. The molecule has 1 saturated heterocycles. The van der Waals surface area contributed by atoms with Gasteiger partial charge in [0.05, 0.1) is 6.07 Å². The molecule has 0 N–H and O–H groups in total. The average molecular weight is 266 g/mol. The van der Waals surface area contributed by atoms with E-state index in [2.05, 4.69) is 6.07 Å². The van der Waals surface area contributed by atoms with Crippen molar-refractivity contribution >= 4 is 5.91 Å². The molecule has 18 heavy (non-hydrogen) atoms. The van der Waals surface area contributed by atoms with Gasteiger partial charge in [-0.1, -0.05) is 6.07 Å². The molecule has 1 aromatic heterocycles. The Morgan fingerprint density at radius 1 is 1.39 bits per heavy atom. The molecular weight excluding hydrogens is 250 g/mol. The second-order valence-electron chi connectivity index (χ2n) is 4.24. The first-order valence-corrected chi connectivity index (χ1v) is 5.93. The van der Waals surface area contributed by atoms with Gasteiger partial charge in [-0.05, 0) is 12.8 Å². The molecule has 5 heteroatoms. The number of rotatable bonds is 3. The zero-order chi connectivity index (χ0) is 12.1. The van der Waals surface area contributed by atoms with Gasteiger partial charge in [-0.15, -0.1) is 0 Å². The second kappa shape index (κ2) is 6.97. The van der Waals surface area contributed by atoms with Crippen LogP contribution in [0.4, 0.5) is 0 Å². The molecule has 0 spiro atoms.